The number of fused-ring (bicyclic) bond motifs is 1. The molecule has 3 fully saturated rings. The van der Waals surface area contributed by atoms with E-state index in [4.69, 9.17) is 18.9 Å². The van der Waals surface area contributed by atoms with Crippen LogP contribution in [0.2, 0.25) is 0 Å². The maximum absolute atomic E-state index is 12.2. The Morgan fingerprint density at radius 2 is 2.04 bits per heavy atom. The zero-order chi connectivity index (χ0) is 17.9. The van der Waals surface area contributed by atoms with Gasteiger partial charge in [-0.05, 0) is 39.0 Å². The van der Waals surface area contributed by atoms with E-state index in [0.29, 0.717) is 0 Å². The minimum atomic E-state index is -0.195. The van der Waals surface area contributed by atoms with E-state index in [1.165, 1.54) is 0 Å². The van der Waals surface area contributed by atoms with Crippen LogP contribution in [0.25, 0.3) is 0 Å². The van der Waals surface area contributed by atoms with Crippen molar-refractivity contribution in [2.45, 2.75) is 76.6 Å². The lowest BCUT2D eigenvalue weighted by atomic mass is 9.83. The molecular weight excluding hydrogens is 324 g/mol. The number of rotatable bonds is 10. The molecule has 2 heterocycles. The Bertz CT molecular complexity index is 488. The van der Waals surface area contributed by atoms with E-state index in [2.05, 4.69) is 13.8 Å². The van der Waals surface area contributed by atoms with Crippen LogP contribution in [0.15, 0.2) is 0 Å². The molecule has 1 saturated carbocycles. The molecule has 5 unspecified atom stereocenters. The van der Waals surface area contributed by atoms with E-state index >= 15 is 0 Å². The topological polar surface area (TPSA) is 77.7 Å². The normalized spacial score (nSPS) is 33.9. The third kappa shape index (κ3) is 5.17. The molecule has 0 N–H and O–H groups in total. The highest BCUT2D eigenvalue weighted by Gasteiger charge is 2.56. The first-order valence-corrected chi connectivity index (χ1v) is 9.64. The van der Waals surface area contributed by atoms with Crippen LogP contribution in [0.3, 0.4) is 0 Å². The molecule has 0 bridgehead atoms. The number of epoxide rings is 2. The van der Waals surface area contributed by atoms with Crippen molar-refractivity contribution in [1.29, 1.82) is 0 Å². The summed E-state index contributed by atoms with van der Waals surface area (Å²) in [5, 5.41) is 0. The van der Waals surface area contributed by atoms with Crippen LogP contribution in [-0.4, -0.2) is 49.6 Å². The summed E-state index contributed by atoms with van der Waals surface area (Å²) in [5.74, 6) is -0.575. The molecule has 0 aromatic carbocycles. The second-order valence-corrected chi connectivity index (χ2v) is 7.76. The van der Waals surface area contributed by atoms with Crippen LogP contribution >= 0.6 is 0 Å². The number of hydrogen-bond acceptors (Lipinski definition) is 6. The molecule has 25 heavy (non-hydrogen) atoms. The van der Waals surface area contributed by atoms with E-state index in [9.17, 15) is 9.59 Å². The summed E-state index contributed by atoms with van der Waals surface area (Å²) in [6.07, 6.45) is 6.52. The predicted octanol–water partition coefficient (Wildman–Crippen LogP) is 2.63. The highest BCUT2D eigenvalue weighted by molar-refractivity contribution is 5.73. The maximum Gasteiger partial charge on any atom is 0.309 e. The van der Waals surface area contributed by atoms with Gasteiger partial charge in [0.25, 0.3) is 0 Å². The Morgan fingerprint density at radius 1 is 1.28 bits per heavy atom. The second-order valence-electron chi connectivity index (χ2n) is 7.76. The molecule has 3 rings (SSSR count). The fourth-order valence-electron chi connectivity index (χ4n) is 3.68. The van der Waals surface area contributed by atoms with E-state index < -0.39 is 0 Å². The van der Waals surface area contributed by atoms with Gasteiger partial charge in [0.1, 0.15) is 13.2 Å². The van der Waals surface area contributed by atoms with Crippen LogP contribution in [0.1, 0.15) is 58.8 Å². The Hall–Kier alpha value is -1.14. The van der Waals surface area contributed by atoms with Gasteiger partial charge in [-0.3, -0.25) is 9.59 Å². The van der Waals surface area contributed by atoms with Crippen molar-refractivity contribution >= 4 is 11.9 Å². The van der Waals surface area contributed by atoms with Gasteiger partial charge in [-0.15, -0.1) is 0 Å². The predicted molar refractivity (Wildman–Crippen MR) is 89.9 cm³/mol. The summed E-state index contributed by atoms with van der Waals surface area (Å²) in [6, 6.07) is 0. The number of hydrogen-bond donors (Lipinski definition) is 0. The summed E-state index contributed by atoms with van der Waals surface area (Å²) < 4.78 is 21.4. The largest absolute Gasteiger partial charge is 0.462 e. The maximum atomic E-state index is 12.2. The van der Waals surface area contributed by atoms with Crippen molar-refractivity contribution in [3.05, 3.63) is 0 Å². The zero-order valence-corrected chi connectivity index (χ0v) is 15.3. The van der Waals surface area contributed by atoms with Gasteiger partial charge < -0.3 is 18.9 Å². The van der Waals surface area contributed by atoms with Crippen molar-refractivity contribution < 1.29 is 28.5 Å². The minimum Gasteiger partial charge on any atom is -0.462 e. The third-order valence-electron chi connectivity index (χ3n) is 5.62. The molecule has 0 amide bonds. The molecule has 3 aliphatic rings. The van der Waals surface area contributed by atoms with Gasteiger partial charge in [0.2, 0.25) is 0 Å². The van der Waals surface area contributed by atoms with Crippen molar-refractivity contribution in [2.75, 3.05) is 19.8 Å². The molecular formula is C19H30O6. The first-order valence-electron chi connectivity index (χ1n) is 9.64. The lowest BCUT2D eigenvalue weighted by Crippen LogP contribution is -2.29. The Morgan fingerprint density at radius 3 is 2.72 bits per heavy atom. The van der Waals surface area contributed by atoms with E-state index in [1.807, 2.05) is 0 Å². The number of carbonyl (C=O) groups excluding carboxylic acids is 2. The van der Waals surface area contributed by atoms with Gasteiger partial charge in [-0.2, -0.15) is 0 Å². The highest BCUT2D eigenvalue weighted by Crippen LogP contribution is 2.49. The zero-order valence-electron chi connectivity index (χ0n) is 15.3. The summed E-state index contributed by atoms with van der Waals surface area (Å²) in [7, 11) is 0. The Kier molecular flexibility index (Phi) is 6.00. The molecule has 0 radical (unpaired) electrons. The SMILES string of the molecule is CCCCC(CC1CO1)C(=O)OCCOC(=O)C1CCC2(C)OC2C1. The van der Waals surface area contributed by atoms with Gasteiger partial charge in [-0.1, -0.05) is 19.8 Å². The van der Waals surface area contributed by atoms with E-state index in [-0.39, 0.29) is 54.8 Å². The third-order valence-corrected chi connectivity index (χ3v) is 5.62. The number of carbonyl (C=O) groups is 2. The molecule has 6 nitrogen and oxygen atoms in total. The molecule has 0 spiro atoms. The molecule has 0 aromatic rings. The molecule has 5 atom stereocenters. The summed E-state index contributed by atoms with van der Waals surface area (Å²) in [4.78, 5) is 24.3. The molecule has 0 aromatic heterocycles. The number of esters is 2. The quantitative estimate of drug-likeness (QED) is 0.341. The van der Waals surface area contributed by atoms with Crippen LogP contribution in [0.5, 0.6) is 0 Å². The van der Waals surface area contributed by atoms with Gasteiger partial charge in [0, 0.05) is 0 Å². The van der Waals surface area contributed by atoms with E-state index in [1.54, 1.807) is 0 Å². The lowest BCUT2D eigenvalue weighted by molar-refractivity contribution is -0.158. The summed E-state index contributed by atoms with van der Waals surface area (Å²) >= 11 is 0. The van der Waals surface area contributed by atoms with Crippen LogP contribution in [0.4, 0.5) is 0 Å². The van der Waals surface area contributed by atoms with Crippen molar-refractivity contribution in [1.82, 2.24) is 0 Å². The van der Waals surface area contributed by atoms with Crippen LogP contribution in [-0.2, 0) is 28.5 Å². The first kappa shape index (κ1) is 18.6. The lowest BCUT2D eigenvalue weighted by Gasteiger charge is -2.21. The average Bonchev–Trinajstić information content (AvgIpc) is 3.50. The molecule has 1 aliphatic carbocycles. The van der Waals surface area contributed by atoms with Gasteiger partial charge >= 0.3 is 11.9 Å². The summed E-state index contributed by atoms with van der Waals surface area (Å²) in [6.45, 7) is 5.21. The van der Waals surface area contributed by atoms with Gasteiger partial charge in [0.05, 0.1) is 36.3 Å². The molecule has 6 heteroatoms. The Balaban J connectivity index is 1.31. The standard InChI is InChI=1S/C19H30O6/c1-3-4-5-13(10-15-12-24-15)17(20)22-8-9-23-18(21)14-6-7-19(2)16(11-14)25-19/h13-16H,3-12H2,1-2H3. The first-order chi connectivity index (χ1) is 12.0. The van der Waals surface area contributed by atoms with Crippen molar-refractivity contribution in [2.24, 2.45) is 11.8 Å². The molecule has 2 saturated heterocycles. The number of ether oxygens (including phenoxy) is 4. The van der Waals surface area contributed by atoms with E-state index in [0.717, 1.165) is 51.6 Å². The van der Waals surface area contributed by atoms with Gasteiger partial charge in [0.15, 0.2) is 0 Å². The average molecular weight is 354 g/mol. The second kappa shape index (κ2) is 8.04. The van der Waals surface area contributed by atoms with Crippen molar-refractivity contribution in [3.63, 3.8) is 0 Å². The van der Waals surface area contributed by atoms with Crippen LogP contribution < -0.4 is 0 Å². The fourth-order valence-corrected chi connectivity index (χ4v) is 3.68. The molecule has 142 valence electrons. The minimum absolute atomic E-state index is 0.00504. The highest BCUT2D eigenvalue weighted by atomic mass is 16.6. The van der Waals surface area contributed by atoms with Gasteiger partial charge in [-0.25, -0.2) is 0 Å². The molecule has 2 aliphatic heterocycles. The van der Waals surface area contributed by atoms with Crippen molar-refractivity contribution in [3.8, 4) is 0 Å². The summed E-state index contributed by atoms with van der Waals surface area (Å²) in [5.41, 5.74) is 0.00504. The number of unbranched alkanes of at least 4 members (excludes halogenated alkanes) is 1. The van der Waals surface area contributed by atoms with Crippen LogP contribution in [0, 0.1) is 11.8 Å². The smallest absolute Gasteiger partial charge is 0.309 e. The fraction of sp³-hybridized carbons (Fsp3) is 0.895. The Labute approximate surface area is 149 Å². The monoisotopic (exact) mass is 354 g/mol.